The Morgan fingerprint density at radius 3 is 2.00 bits per heavy atom. The summed E-state index contributed by atoms with van der Waals surface area (Å²) in [6.45, 7) is 0. The highest BCUT2D eigenvalue weighted by atomic mass is 79.9. The second kappa shape index (κ2) is 6.46. The Labute approximate surface area is 156 Å². The van der Waals surface area contributed by atoms with Gasteiger partial charge in [-0.05, 0) is 67.3 Å². The van der Waals surface area contributed by atoms with Gasteiger partial charge in [0.15, 0.2) is 9.84 Å². The van der Waals surface area contributed by atoms with E-state index >= 15 is 0 Å². The Balaban J connectivity index is 2.15. The molecule has 124 valence electrons. The van der Waals surface area contributed by atoms with Crippen LogP contribution in [0.3, 0.4) is 0 Å². The third-order valence-corrected chi connectivity index (χ3v) is 6.65. The fourth-order valence-corrected chi connectivity index (χ4v) is 3.97. The number of aromatic nitrogens is 1. The van der Waals surface area contributed by atoms with Gasteiger partial charge in [-0.2, -0.15) is 0 Å². The molecule has 1 N–H and O–H groups in total. The topological polar surface area (TPSA) is 49.9 Å². The van der Waals surface area contributed by atoms with Crippen molar-refractivity contribution in [1.29, 1.82) is 0 Å². The molecule has 0 aliphatic heterocycles. The highest BCUT2D eigenvalue weighted by Gasteiger charge is 2.18. The van der Waals surface area contributed by atoms with Crippen molar-refractivity contribution >= 4 is 41.7 Å². The Morgan fingerprint density at radius 1 is 0.917 bits per heavy atom. The zero-order valence-corrected chi connectivity index (χ0v) is 16.5. The van der Waals surface area contributed by atoms with E-state index in [1.165, 1.54) is 18.4 Å². The first kappa shape index (κ1) is 17.4. The summed E-state index contributed by atoms with van der Waals surface area (Å²) in [4.78, 5) is 3.49. The normalized spacial score (nSPS) is 11.7. The number of halogens is 3. The number of nitrogens with one attached hydrogen (secondary N) is 1. The fraction of sp³-hybridized carbons (Fsp3) is 0.0588. The van der Waals surface area contributed by atoms with Gasteiger partial charge in [0.2, 0.25) is 0 Å². The molecule has 3 rings (SSSR count). The van der Waals surface area contributed by atoms with Crippen LogP contribution in [0.5, 0.6) is 0 Å². The number of hydrogen-bond donors (Lipinski definition) is 1. The highest BCUT2D eigenvalue weighted by Crippen LogP contribution is 2.42. The standard InChI is InChI=1S/C17H12Br2FNO2S/c1-24(22,23)13-8-4-11(5-9-13)16-14(15(18)17(19)21-16)10-2-6-12(20)7-3-10/h2-9,21H,1H3. The first-order valence-electron chi connectivity index (χ1n) is 6.91. The largest absolute Gasteiger partial charge is 0.348 e. The molecule has 0 saturated heterocycles. The number of aromatic amines is 1. The average molecular weight is 473 g/mol. The zero-order chi connectivity index (χ0) is 17.5. The highest BCUT2D eigenvalue weighted by molar-refractivity contribution is 9.13. The quantitative estimate of drug-likeness (QED) is 0.553. The van der Waals surface area contributed by atoms with E-state index in [1.807, 2.05) is 0 Å². The smallest absolute Gasteiger partial charge is 0.175 e. The van der Waals surface area contributed by atoms with Gasteiger partial charge >= 0.3 is 0 Å². The van der Waals surface area contributed by atoms with Crippen molar-refractivity contribution in [2.75, 3.05) is 6.26 Å². The van der Waals surface area contributed by atoms with Crippen molar-refractivity contribution in [1.82, 2.24) is 4.98 Å². The van der Waals surface area contributed by atoms with Crippen molar-refractivity contribution < 1.29 is 12.8 Å². The molecule has 0 saturated carbocycles. The van der Waals surface area contributed by atoms with Crippen molar-refractivity contribution in [3.05, 3.63) is 63.4 Å². The van der Waals surface area contributed by atoms with Crippen molar-refractivity contribution in [2.45, 2.75) is 4.90 Å². The lowest BCUT2D eigenvalue weighted by atomic mass is 10.0. The Morgan fingerprint density at radius 2 is 1.46 bits per heavy atom. The Bertz CT molecular complexity index is 994. The lowest BCUT2D eigenvalue weighted by molar-refractivity contribution is 0.602. The van der Waals surface area contributed by atoms with Gasteiger partial charge in [-0.3, -0.25) is 0 Å². The number of rotatable bonds is 3. The van der Waals surface area contributed by atoms with E-state index in [-0.39, 0.29) is 10.7 Å². The molecule has 0 aliphatic rings. The summed E-state index contributed by atoms with van der Waals surface area (Å²) in [7, 11) is -3.24. The van der Waals surface area contributed by atoms with Gasteiger partial charge in [-0.25, -0.2) is 12.8 Å². The zero-order valence-electron chi connectivity index (χ0n) is 12.5. The number of sulfone groups is 1. The lowest BCUT2D eigenvalue weighted by Gasteiger charge is -2.07. The Kier molecular flexibility index (Phi) is 4.68. The van der Waals surface area contributed by atoms with Gasteiger partial charge in [0.1, 0.15) is 5.82 Å². The van der Waals surface area contributed by atoms with Crippen LogP contribution in [0.2, 0.25) is 0 Å². The summed E-state index contributed by atoms with van der Waals surface area (Å²) in [5, 5.41) is 0. The van der Waals surface area contributed by atoms with Gasteiger partial charge in [0, 0.05) is 11.8 Å². The minimum Gasteiger partial charge on any atom is -0.348 e. The molecule has 1 heterocycles. The predicted octanol–water partition coefficient (Wildman–Crippen LogP) is 5.42. The second-order valence-corrected chi connectivity index (χ2v) is 8.91. The van der Waals surface area contributed by atoms with Crippen LogP contribution in [0.15, 0.2) is 62.5 Å². The van der Waals surface area contributed by atoms with E-state index < -0.39 is 9.84 Å². The third kappa shape index (κ3) is 3.34. The van der Waals surface area contributed by atoms with Crippen LogP contribution in [0.25, 0.3) is 22.4 Å². The van der Waals surface area contributed by atoms with Crippen LogP contribution in [-0.2, 0) is 9.84 Å². The maximum atomic E-state index is 13.2. The first-order valence-corrected chi connectivity index (χ1v) is 10.4. The molecular weight excluding hydrogens is 461 g/mol. The molecule has 0 fully saturated rings. The van der Waals surface area contributed by atoms with Crippen molar-refractivity contribution in [2.24, 2.45) is 0 Å². The summed E-state index contributed by atoms with van der Waals surface area (Å²) in [5.74, 6) is -0.302. The summed E-state index contributed by atoms with van der Waals surface area (Å²) in [6.07, 6.45) is 1.17. The fourth-order valence-electron chi connectivity index (χ4n) is 2.42. The number of hydrogen-bond acceptors (Lipinski definition) is 2. The SMILES string of the molecule is CS(=O)(=O)c1ccc(-c2[nH]c(Br)c(Br)c2-c2ccc(F)cc2)cc1. The minimum atomic E-state index is -3.24. The summed E-state index contributed by atoms with van der Waals surface area (Å²) in [6, 6.07) is 12.8. The maximum absolute atomic E-state index is 13.2. The number of H-pyrrole nitrogens is 1. The Hall–Kier alpha value is -1.44. The molecule has 24 heavy (non-hydrogen) atoms. The van der Waals surface area contributed by atoms with E-state index in [1.54, 1.807) is 36.4 Å². The molecule has 0 spiro atoms. The van der Waals surface area contributed by atoms with Gasteiger partial charge < -0.3 is 4.98 Å². The van der Waals surface area contributed by atoms with Gasteiger partial charge in [-0.1, -0.05) is 24.3 Å². The molecule has 0 unspecified atom stereocenters. The second-order valence-electron chi connectivity index (χ2n) is 5.31. The molecule has 2 aromatic carbocycles. The van der Waals surface area contributed by atoms with Gasteiger partial charge in [0.05, 0.1) is 19.7 Å². The lowest BCUT2D eigenvalue weighted by Crippen LogP contribution is -1.96. The summed E-state index contributed by atoms with van der Waals surface area (Å²) >= 11 is 6.98. The predicted molar refractivity (Wildman–Crippen MR) is 100 cm³/mol. The third-order valence-electron chi connectivity index (χ3n) is 3.60. The molecule has 3 nitrogen and oxygen atoms in total. The van der Waals surface area contributed by atoms with Crippen LogP contribution in [0.4, 0.5) is 4.39 Å². The average Bonchev–Trinajstić information content (AvgIpc) is 2.83. The molecule has 0 radical (unpaired) electrons. The van der Waals surface area contributed by atoms with Gasteiger partial charge in [0.25, 0.3) is 0 Å². The molecule has 0 atom stereocenters. The molecule has 1 aromatic heterocycles. The van der Waals surface area contributed by atoms with E-state index in [9.17, 15) is 12.8 Å². The molecule has 0 amide bonds. The summed E-state index contributed by atoms with van der Waals surface area (Å²) < 4.78 is 38.0. The molecular formula is C17H12Br2FNO2S. The maximum Gasteiger partial charge on any atom is 0.175 e. The van der Waals surface area contributed by atoms with Crippen LogP contribution >= 0.6 is 31.9 Å². The van der Waals surface area contributed by atoms with Gasteiger partial charge in [-0.15, -0.1) is 0 Å². The van der Waals surface area contributed by atoms with Crippen molar-refractivity contribution in [3.8, 4) is 22.4 Å². The summed E-state index contributed by atoms with van der Waals surface area (Å²) in [5.41, 5.74) is 3.34. The minimum absolute atomic E-state index is 0.263. The monoisotopic (exact) mass is 471 g/mol. The van der Waals surface area contributed by atoms with E-state index in [0.717, 1.165) is 31.5 Å². The van der Waals surface area contributed by atoms with E-state index in [2.05, 4.69) is 36.8 Å². The first-order chi connectivity index (χ1) is 11.3. The molecule has 0 bridgehead atoms. The van der Waals surface area contributed by atoms with E-state index in [4.69, 9.17) is 0 Å². The molecule has 7 heteroatoms. The number of benzene rings is 2. The van der Waals surface area contributed by atoms with Crippen LogP contribution < -0.4 is 0 Å². The van der Waals surface area contributed by atoms with Crippen LogP contribution in [-0.4, -0.2) is 19.7 Å². The van der Waals surface area contributed by atoms with E-state index in [0.29, 0.717) is 0 Å². The molecule has 3 aromatic rings. The van der Waals surface area contributed by atoms with Crippen LogP contribution in [0.1, 0.15) is 0 Å². The van der Waals surface area contributed by atoms with Crippen LogP contribution in [0, 0.1) is 5.82 Å². The van der Waals surface area contributed by atoms with Crippen molar-refractivity contribution in [3.63, 3.8) is 0 Å². The molecule has 0 aliphatic carbocycles.